The Kier molecular flexibility index (Phi) is 6.51. The van der Waals surface area contributed by atoms with Gasteiger partial charge < -0.3 is 19.2 Å². The van der Waals surface area contributed by atoms with E-state index in [-0.39, 0.29) is 0 Å². The van der Waals surface area contributed by atoms with Crippen molar-refractivity contribution < 1.29 is 13.9 Å². The number of fused-ring (bicyclic) bond motifs is 1. The van der Waals surface area contributed by atoms with Crippen LogP contribution >= 0.6 is 11.3 Å². The SMILES string of the molecule is COCc1nc(NCCCOCc2ccco2)c2c(-c3ccccc3)csc2n1. The quantitative estimate of drug-likeness (QED) is 0.367. The molecule has 7 heteroatoms. The molecule has 1 aromatic carbocycles. The van der Waals surface area contributed by atoms with Crippen molar-refractivity contribution in [3.05, 3.63) is 65.7 Å². The van der Waals surface area contributed by atoms with Crippen LogP contribution in [-0.2, 0) is 22.7 Å². The molecule has 0 bridgehead atoms. The van der Waals surface area contributed by atoms with Gasteiger partial charge in [0, 0.05) is 31.2 Å². The van der Waals surface area contributed by atoms with Crippen molar-refractivity contribution in [2.75, 3.05) is 25.6 Å². The van der Waals surface area contributed by atoms with Gasteiger partial charge in [0.25, 0.3) is 0 Å². The summed E-state index contributed by atoms with van der Waals surface area (Å²) in [6.45, 7) is 2.27. The van der Waals surface area contributed by atoms with Crippen LogP contribution < -0.4 is 5.32 Å². The first kappa shape index (κ1) is 19.6. The fourth-order valence-electron chi connectivity index (χ4n) is 3.09. The number of hydrogen-bond donors (Lipinski definition) is 1. The molecule has 0 aliphatic rings. The van der Waals surface area contributed by atoms with Gasteiger partial charge in [-0.25, -0.2) is 9.97 Å². The maximum Gasteiger partial charge on any atom is 0.158 e. The molecule has 0 amide bonds. The molecule has 0 radical (unpaired) electrons. The predicted molar refractivity (Wildman–Crippen MR) is 115 cm³/mol. The molecule has 0 aliphatic carbocycles. The molecule has 3 heterocycles. The van der Waals surface area contributed by atoms with E-state index in [2.05, 4.69) is 27.8 Å². The van der Waals surface area contributed by atoms with Gasteiger partial charge in [0.1, 0.15) is 29.6 Å². The van der Waals surface area contributed by atoms with E-state index in [1.165, 1.54) is 0 Å². The molecule has 0 unspecified atom stereocenters. The number of nitrogens with zero attached hydrogens (tertiary/aromatic N) is 2. The number of rotatable bonds is 10. The first-order valence-electron chi connectivity index (χ1n) is 9.51. The summed E-state index contributed by atoms with van der Waals surface area (Å²) in [6, 6.07) is 14.1. The molecule has 0 aliphatic heterocycles. The van der Waals surface area contributed by atoms with Gasteiger partial charge >= 0.3 is 0 Å². The second-order valence-corrected chi connectivity index (χ2v) is 7.39. The van der Waals surface area contributed by atoms with Gasteiger partial charge in [-0.3, -0.25) is 0 Å². The van der Waals surface area contributed by atoms with E-state index < -0.39 is 0 Å². The number of nitrogens with one attached hydrogen (secondary N) is 1. The van der Waals surface area contributed by atoms with Gasteiger partial charge in [0.05, 0.1) is 11.6 Å². The van der Waals surface area contributed by atoms with Crippen LogP contribution in [0.2, 0.25) is 0 Å². The van der Waals surface area contributed by atoms with E-state index in [1.807, 2.05) is 30.3 Å². The Hall–Kier alpha value is -2.74. The van der Waals surface area contributed by atoms with Crippen molar-refractivity contribution in [3.63, 3.8) is 0 Å². The summed E-state index contributed by atoms with van der Waals surface area (Å²) in [6.07, 6.45) is 2.51. The van der Waals surface area contributed by atoms with Crippen LogP contribution in [0.25, 0.3) is 21.3 Å². The van der Waals surface area contributed by atoms with Crippen LogP contribution in [0.4, 0.5) is 5.82 Å². The van der Waals surface area contributed by atoms with Gasteiger partial charge in [-0.15, -0.1) is 11.3 Å². The van der Waals surface area contributed by atoms with E-state index in [4.69, 9.17) is 18.9 Å². The monoisotopic (exact) mass is 409 g/mol. The number of aromatic nitrogens is 2. The summed E-state index contributed by atoms with van der Waals surface area (Å²) in [4.78, 5) is 10.3. The predicted octanol–water partition coefficient (Wildman–Crippen LogP) is 5.12. The highest BCUT2D eigenvalue weighted by molar-refractivity contribution is 7.17. The second kappa shape index (κ2) is 9.65. The minimum Gasteiger partial charge on any atom is -0.467 e. The van der Waals surface area contributed by atoms with Crippen molar-refractivity contribution in [3.8, 4) is 11.1 Å². The first-order valence-corrected chi connectivity index (χ1v) is 10.4. The third-order valence-corrected chi connectivity index (χ3v) is 5.29. The number of thiophene rings is 1. The van der Waals surface area contributed by atoms with E-state index in [1.54, 1.807) is 24.7 Å². The average molecular weight is 410 g/mol. The number of anilines is 1. The van der Waals surface area contributed by atoms with Crippen LogP contribution in [0.5, 0.6) is 0 Å². The fourth-order valence-corrected chi connectivity index (χ4v) is 4.05. The number of methoxy groups -OCH3 is 1. The molecule has 0 saturated heterocycles. The van der Waals surface area contributed by atoms with Crippen LogP contribution in [0.1, 0.15) is 18.0 Å². The van der Waals surface area contributed by atoms with Crippen LogP contribution in [0.15, 0.2) is 58.5 Å². The molecule has 0 saturated carbocycles. The third kappa shape index (κ3) is 4.82. The molecule has 0 fully saturated rings. The lowest BCUT2D eigenvalue weighted by Crippen LogP contribution is -2.09. The third-order valence-electron chi connectivity index (χ3n) is 4.42. The molecule has 6 nitrogen and oxygen atoms in total. The smallest absolute Gasteiger partial charge is 0.158 e. The summed E-state index contributed by atoms with van der Waals surface area (Å²) in [7, 11) is 1.65. The zero-order valence-electron chi connectivity index (χ0n) is 16.3. The number of furan rings is 1. The molecule has 150 valence electrons. The Morgan fingerprint density at radius 3 is 2.76 bits per heavy atom. The summed E-state index contributed by atoms with van der Waals surface area (Å²) < 4.78 is 16.2. The van der Waals surface area contributed by atoms with Crippen molar-refractivity contribution >= 4 is 27.4 Å². The lowest BCUT2D eigenvalue weighted by molar-refractivity contribution is 0.106. The zero-order valence-corrected chi connectivity index (χ0v) is 17.1. The van der Waals surface area contributed by atoms with Crippen LogP contribution in [0, 0.1) is 0 Å². The van der Waals surface area contributed by atoms with Gasteiger partial charge in [-0.05, 0) is 24.1 Å². The fraction of sp³-hybridized carbons (Fsp3) is 0.273. The highest BCUT2D eigenvalue weighted by Crippen LogP contribution is 2.36. The number of ether oxygens (including phenoxy) is 2. The summed E-state index contributed by atoms with van der Waals surface area (Å²) >= 11 is 1.63. The topological polar surface area (TPSA) is 69.4 Å². The molecule has 0 spiro atoms. The Bertz CT molecular complexity index is 1030. The molecular formula is C22H23N3O3S. The standard InChI is InChI=1S/C22H23N3O3S/c1-26-14-19-24-21(23-10-6-11-27-13-17-9-5-12-28-17)20-18(15-29-22(20)25-19)16-7-3-2-4-8-16/h2-5,7-9,12,15H,6,10-11,13-14H2,1H3,(H,23,24,25). The van der Waals surface area contributed by atoms with Gasteiger partial charge in [0.15, 0.2) is 5.82 Å². The number of hydrogen-bond acceptors (Lipinski definition) is 7. The highest BCUT2D eigenvalue weighted by Gasteiger charge is 2.15. The van der Waals surface area contributed by atoms with E-state index in [0.29, 0.717) is 25.6 Å². The minimum atomic E-state index is 0.384. The van der Waals surface area contributed by atoms with Crippen molar-refractivity contribution in [2.24, 2.45) is 0 Å². The van der Waals surface area contributed by atoms with Crippen LogP contribution in [-0.4, -0.2) is 30.2 Å². The first-order chi connectivity index (χ1) is 14.3. The molecule has 3 aromatic heterocycles. The maximum atomic E-state index is 5.66. The van der Waals surface area contributed by atoms with E-state index in [0.717, 1.165) is 45.9 Å². The Balaban J connectivity index is 1.47. The maximum absolute atomic E-state index is 5.66. The number of benzene rings is 1. The zero-order chi connectivity index (χ0) is 19.9. The Labute approximate surface area is 173 Å². The van der Waals surface area contributed by atoms with Gasteiger partial charge in [0.2, 0.25) is 0 Å². The van der Waals surface area contributed by atoms with Crippen molar-refractivity contribution in [1.82, 2.24) is 9.97 Å². The lowest BCUT2D eigenvalue weighted by atomic mass is 10.1. The molecule has 29 heavy (non-hydrogen) atoms. The van der Waals surface area contributed by atoms with E-state index >= 15 is 0 Å². The van der Waals surface area contributed by atoms with Crippen molar-refractivity contribution in [2.45, 2.75) is 19.6 Å². The normalized spacial score (nSPS) is 11.2. The summed E-state index contributed by atoms with van der Waals surface area (Å²) in [5.41, 5.74) is 2.30. The minimum absolute atomic E-state index is 0.384. The molecular weight excluding hydrogens is 386 g/mol. The Morgan fingerprint density at radius 2 is 1.97 bits per heavy atom. The molecule has 0 atom stereocenters. The highest BCUT2D eigenvalue weighted by atomic mass is 32.1. The average Bonchev–Trinajstić information content (AvgIpc) is 3.41. The molecule has 1 N–H and O–H groups in total. The van der Waals surface area contributed by atoms with E-state index in [9.17, 15) is 0 Å². The van der Waals surface area contributed by atoms with Crippen LogP contribution in [0.3, 0.4) is 0 Å². The second-order valence-electron chi connectivity index (χ2n) is 6.53. The summed E-state index contributed by atoms with van der Waals surface area (Å²) in [5.74, 6) is 2.36. The Morgan fingerprint density at radius 1 is 1.07 bits per heavy atom. The molecule has 4 rings (SSSR count). The van der Waals surface area contributed by atoms with Gasteiger partial charge in [-0.1, -0.05) is 30.3 Å². The molecule has 4 aromatic rings. The largest absolute Gasteiger partial charge is 0.467 e. The summed E-state index contributed by atoms with van der Waals surface area (Å²) in [5, 5.41) is 6.67. The van der Waals surface area contributed by atoms with Gasteiger partial charge in [-0.2, -0.15) is 0 Å². The van der Waals surface area contributed by atoms with Crippen molar-refractivity contribution in [1.29, 1.82) is 0 Å². The lowest BCUT2D eigenvalue weighted by Gasteiger charge is -2.11.